The van der Waals surface area contributed by atoms with Crippen molar-refractivity contribution in [2.45, 2.75) is 4.90 Å². The van der Waals surface area contributed by atoms with Crippen LogP contribution in [0.15, 0.2) is 102 Å². The van der Waals surface area contributed by atoms with E-state index in [1.807, 2.05) is 54.6 Å². The monoisotopic (exact) mass is 459 g/mol. The number of nitrogens with one attached hydrogen (secondary N) is 1. The van der Waals surface area contributed by atoms with E-state index in [0.29, 0.717) is 17.2 Å². The van der Waals surface area contributed by atoms with Gasteiger partial charge in [-0.3, -0.25) is 4.72 Å². The van der Waals surface area contributed by atoms with E-state index in [2.05, 4.69) is 14.7 Å². The van der Waals surface area contributed by atoms with Crippen LogP contribution in [0.1, 0.15) is 0 Å². The molecule has 2 heterocycles. The Morgan fingerprint density at radius 3 is 2.22 bits per heavy atom. The standard InChI is InChI=1S/C24H17N3O3S2/c28-32(29,21-14-12-20(13-15-21)30-19-5-2-1-3-6-19)27-18-10-8-17(9-11-18)23-26-22-7-4-16-25-24(22)31-23/h1-16,27H. The predicted molar refractivity (Wildman–Crippen MR) is 127 cm³/mol. The lowest BCUT2D eigenvalue weighted by Gasteiger charge is -2.10. The first-order chi connectivity index (χ1) is 15.6. The van der Waals surface area contributed by atoms with Gasteiger partial charge in [0.25, 0.3) is 10.0 Å². The minimum Gasteiger partial charge on any atom is -0.457 e. The molecule has 1 N–H and O–H groups in total. The lowest BCUT2D eigenvalue weighted by atomic mass is 10.2. The second kappa shape index (κ2) is 8.41. The summed E-state index contributed by atoms with van der Waals surface area (Å²) in [6.45, 7) is 0. The molecule has 0 spiro atoms. The Hall–Kier alpha value is -3.75. The number of ether oxygens (including phenoxy) is 1. The summed E-state index contributed by atoms with van der Waals surface area (Å²) < 4.78 is 33.9. The van der Waals surface area contributed by atoms with Gasteiger partial charge in [0.05, 0.1) is 4.90 Å². The number of pyridine rings is 1. The van der Waals surface area contributed by atoms with E-state index in [1.54, 1.807) is 30.5 Å². The number of thiazole rings is 1. The number of aromatic nitrogens is 2. The predicted octanol–water partition coefficient (Wildman–Crippen LogP) is 5.95. The van der Waals surface area contributed by atoms with Crippen molar-refractivity contribution in [2.75, 3.05) is 4.72 Å². The molecule has 0 aliphatic heterocycles. The average molecular weight is 460 g/mol. The molecule has 8 heteroatoms. The summed E-state index contributed by atoms with van der Waals surface area (Å²) in [4.78, 5) is 9.91. The van der Waals surface area contributed by atoms with Crippen LogP contribution in [0, 0.1) is 0 Å². The number of hydrogen-bond acceptors (Lipinski definition) is 6. The normalized spacial score (nSPS) is 11.4. The Bertz CT molecular complexity index is 1430. The maximum Gasteiger partial charge on any atom is 0.261 e. The van der Waals surface area contributed by atoms with Gasteiger partial charge < -0.3 is 4.74 Å². The first-order valence-electron chi connectivity index (χ1n) is 9.75. The van der Waals surface area contributed by atoms with Gasteiger partial charge in [-0.1, -0.05) is 29.5 Å². The van der Waals surface area contributed by atoms with Crippen LogP contribution >= 0.6 is 11.3 Å². The van der Waals surface area contributed by atoms with E-state index < -0.39 is 10.0 Å². The molecule has 0 bridgehead atoms. The first-order valence-corrected chi connectivity index (χ1v) is 12.0. The molecule has 3 aromatic carbocycles. The summed E-state index contributed by atoms with van der Waals surface area (Å²) in [7, 11) is -3.73. The third kappa shape index (κ3) is 4.32. The van der Waals surface area contributed by atoms with Gasteiger partial charge in [-0.25, -0.2) is 18.4 Å². The zero-order valence-corrected chi connectivity index (χ0v) is 18.3. The fourth-order valence-corrected chi connectivity index (χ4v) is 5.07. The number of para-hydroxylation sites is 1. The van der Waals surface area contributed by atoms with Crippen molar-refractivity contribution < 1.29 is 13.2 Å². The summed E-state index contributed by atoms with van der Waals surface area (Å²) in [6, 6.07) is 26.5. The zero-order valence-electron chi connectivity index (χ0n) is 16.7. The van der Waals surface area contributed by atoms with E-state index in [9.17, 15) is 8.42 Å². The molecule has 5 aromatic rings. The van der Waals surface area contributed by atoms with Crippen molar-refractivity contribution in [3.05, 3.63) is 97.2 Å². The minimum atomic E-state index is -3.73. The van der Waals surface area contributed by atoms with Crippen LogP contribution in [0.3, 0.4) is 0 Å². The van der Waals surface area contributed by atoms with Crippen LogP contribution in [0.2, 0.25) is 0 Å². The molecule has 0 fully saturated rings. The van der Waals surface area contributed by atoms with Gasteiger partial charge in [-0.2, -0.15) is 0 Å². The summed E-state index contributed by atoms with van der Waals surface area (Å²) >= 11 is 1.50. The smallest absolute Gasteiger partial charge is 0.261 e. The largest absolute Gasteiger partial charge is 0.457 e. The number of nitrogens with zero attached hydrogens (tertiary/aromatic N) is 2. The maximum absolute atomic E-state index is 12.8. The Balaban J connectivity index is 1.30. The molecular weight excluding hydrogens is 442 g/mol. The third-order valence-electron chi connectivity index (χ3n) is 4.66. The van der Waals surface area contributed by atoms with E-state index in [-0.39, 0.29) is 4.90 Å². The Morgan fingerprint density at radius 2 is 1.50 bits per heavy atom. The quantitative estimate of drug-likeness (QED) is 0.339. The molecule has 0 saturated heterocycles. The maximum atomic E-state index is 12.8. The minimum absolute atomic E-state index is 0.152. The van der Waals surface area contributed by atoms with Crippen molar-refractivity contribution in [3.8, 4) is 22.1 Å². The van der Waals surface area contributed by atoms with Crippen molar-refractivity contribution >= 4 is 37.4 Å². The highest BCUT2D eigenvalue weighted by Crippen LogP contribution is 2.30. The molecule has 158 valence electrons. The van der Waals surface area contributed by atoms with E-state index in [0.717, 1.165) is 20.9 Å². The van der Waals surface area contributed by atoms with Crippen LogP contribution < -0.4 is 9.46 Å². The van der Waals surface area contributed by atoms with E-state index in [4.69, 9.17) is 4.74 Å². The van der Waals surface area contributed by atoms with Gasteiger partial charge in [-0.05, 0) is 72.8 Å². The molecule has 6 nitrogen and oxygen atoms in total. The highest BCUT2D eigenvalue weighted by atomic mass is 32.2. The molecule has 0 aliphatic carbocycles. The topological polar surface area (TPSA) is 81.2 Å². The summed E-state index contributed by atoms with van der Waals surface area (Å²) in [5, 5.41) is 0.835. The van der Waals surface area contributed by atoms with Crippen LogP contribution in [0.5, 0.6) is 11.5 Å². The molecule has 5 rings (SSSR count). The molecule has 32 heavy (non-hydrogen) atoms. The van der Waals surface area contributed by atoms with E-state index in [1.165, 1.54) is 23.5 Å². The van der Waals surface area contributed by atoms with Crippen molar-refractivity contribution in [1.82, 2.24) is 9.97 Å². The molecule has 2 aromatic heterocycles. The number of hydrogen-bond donors (Lipinski definition) is 1. The second-order valence-electron chi connectivity index (χ2n) is 6.92. The van der Waals surface area contributed by atoms with Crippen LogP contribution in [-0.2, 0) is 10.0 Å². The SMILES string of the molecule is O=S(=O)(Nc1ccc(-c2nc3cccnc3s2)cc1)c1ccc(Oc2ccccc2)cc1. The zero-order chi connectivity index (χ0) is 22.0. The first kappa shape index (κ1) is 20.2. The highest BCUT2D eigenvalue weighted by molar-refractivity contribution is 7.92. The fourth-order valence-electron chi connectivity index (χ4n) is 3.10. The molecule has 0 atom stereocenters. The van der Waals surface area contributed by atoms with Crippen molar-refractivity contribution in [1.29, 1.82) is 0 Å². The third-order valence-corrected chi connectivity index (χ3v) is 7.09. The van der Waals surface area contributed by atoms with E-state index >= 15 is 0 Å². The van der Waals surface area contributed by atoms with Crippen LogP contribution in [0.4, 0.5) is 5.69 Å². The summed E-state index contributed by atoms with van der Waals surface area (Å²) in [5.74, 6) is 1.25. The van der Waals surface area contributed by atoms with Gasteiger partial charge in [0.2, 0.25) is 0 Å². The summed E-state index contributed by atoms with van der Waals surface area (Å²) in [6.07, 6.45) is 1.74. The fraction of sp³-hybridized carbons (Fsp3) is 0. The van der Waals surface area contributed by atoms with Gasteiger partial charge in [0, 0.05) is 17.4 Å². The number of anilines is 1. The van der Waals surface area contributed by atoms with Gasteiger partial charge in [0.15, 0.2) is 0 Å². The molecule has 0 radical (unpaired) electrons. The van der Waals surface area contributed by atoms with Crippen LogP contribution in [-0.4, -0.2) is 18.4 Å². The Labute approximate surface area is 189 Å². The van der Waals surface area contributed by atoms with Gasteiger partial charge >= 0.3 is 0 Å². The molecule has 0 amide bonds. The number of sulfonamides is 1. The molecule has 0 unspecified atom stereocenters. The average Bonchev–Trinajstić information content (AvgIpc) is 3.25. The van der Waals surface area contributed by atoms with Gasteiger partial charge in [-0.15, -0.1) is 0 Å². The highest BCUT2D eigenvalue weighted by Gasteiger charge is 2.15. The lowest BCUT2D eigenvalue weighted by Crippen LogP contribution is -2.12. The molecule has 0 aliphatic rings. The van der Waals surface area contributed by atoms with Crippen molar-refractivity contribution in [2.24, 2.45) is 0 Å². The van der Waals surface area contributed by atoms with Crippen molar-refractivity contribution in [3.63, 3.8) is 0 Å². The lowest BCUT2D eigenvalue weighted by molar-refractivity contribution is 0.482. The van der Waals surface area contributed by atoms with Crippen LogP contribution in [0.25, 0.3) is 20.9 Å². The number of fused-ring (bicyclic) bond motifs is 1. The number of benzene rings is 3. The Kier molecular flexibility index (Phi) is 5.30. The Morgan fingerprint density at radius 1 is 0.781 bits per heavy atom. The van der Waals surface area contributed by atoms with Gasteiger partial charge in [0.1, 0.15) is 26.9 Å². The second-order valence-corrected chi connectivity index (χ2v) is 9.58. The molecular formula is C24H17N3O3S2. The molecule has 0 saturated carbocycles. The number of rotatable bonds is 6. The summed E-state index contributed by atoms with van der Waals surface area (Å²) in [5.41, 5.74) is 2.22.